The molecule has 0 spiro atoms. The Hall–Kier alpha value is -1.49. The van der Waals surface area contributed by atoms with E-state index >= 15 is 0 Å². The van der Waals surface area contributed by atoms with Gasteiger partial charge in [-0.05, 0) is 12.0 Å². The average Bonchev–Trinajstić information content (AvgIpc) is 2.25. The van der Waals surface area contributed by atoms with Crippen LogP contribution in [0, 0.1) is 11.9 Å². The van der Waals surface area contributed by atoms with Crippen LogP contribution in [0.15, 0.2) is 18.3 Å². The van der Waals surface area contributed by atoms with Crippen LogP contribution in [0.3, 0.4) is 0 Å². The topological polar surface area (TPSA) is 62.2 Å². The minimum Gasteiger partial charge on any atom is -0.394 e. The molecule has 0 saturated carbocycles. The maximum Gasteiger partial charge on any atom is 0.251 e. The lowest BCUT2D eigenvalue weighted by molar-refractivity contribution is 0.0896. The van der Waals surface area contributed by atoms with Gasteiger partial charge in [-0.25, -0.2) is 4.98 Å². The van der Waals surface area contributed by atoms with Crippen LogP contribution in [0.1, 0.15) is 24.2 Å². The number of aromatic nitrogens is 1. The van der Waals surface area contributed by atoms with E-state index in [4.69, 9.17) is 5.11 Å². The summed E-state index contributed by atoms with van der Waals surface area (Å²) in [4.78, 5) is 15.0. The summed E-state index contributed by atoms with van der Waals surface area (Å²) < 4.78 is 12.8. The van der Waals surface area contributed by atoms with Crippen molar-refractivity contribution in [2.75, 3.05) is 6.61 Å². The zero-order valence-corrected chi connectivity index (χ0v) is 9.27. The van der Waals surface area contributed by atoms with Gasteiger partial charge in [0.1, 0.15) is 0 Å². The third-order valence-corrected chi connectivity index (χ3v) is 2.31. The minimum atomic E-state index is -0.697. The third kappa shape index (κ3) is 3.27. The van der Waals surface area contributed by atoms with Gasteiger partial charge < -0.3 is 10.4 Å². The molecule has 1 amide bonds. The first-order valence-corrected chi connectivity index (χ1v) is 5.08. The molecule has 4 nitrogen and oxygen atoms in total. The molecule has 0 radical (unpaired) electrons. The summed E-state index contributed by atoms with van der Waals surface area (Å²) in [7, 11) is 0. The van der Waals surface area contributed by atoms with Crippen LogP contribution in [0.2, 0.25) is 0 Å². The highest BCUT2D eigenvalue weighted by atomic mass is 19.1. The summed E-state index contributed by atoms with van der Waals surface area (Å²) in [5, 5.41) is 11.7. The van der Waals surface area contributed by atoms with Crippen molar-refractivity contribution in [3.8, 4) is 0 Å². The van der Waals surface area contributed by atoms with Crippen molar-refractivity contribution < 1.29 is 14.3 Å². The Morgan fingerprint density at radius 1 is 1.62 bits per heavy atom. The molecule has 0 aliphatic rings. The predicted octanol–water partition coefficient (Wildman–Crippen LogP) is 0.967. The summed E-state index contributed by atoms with van der Waals surface area (Å²) in [6.45, 7) is 3.62. The number of aliphatic hydroxyl groups excluding tert-OH is 1. The van der Waals surface area contributed by atoms with Crippen molar-refractivity contribution in [3.63, 3.8) is 0 Å². The highest BCUT2D eigenvalue weighted by molar-refractivity contribution is 5.94. The molecule has 1 aromatic rings. The zero-order chi connectivity index (χ0) is 12.1. The number of hydrogen-bond acceptors (Lipinski definition) is 3. The molecule has 0 fully saturated rings. The van der Waals surface area contributed by atoms with E-state index in [1.807, 2.05) is 13.8 Å². The van der Waals surface area contributed by atoms with Crippen LogP contribution >= 0.6 is 0 Å². The first-order valence-electron chi connectivity index (χ1n) is 5.08. The number of pyridine rings is 1. The lowest BCUT2D eigenvalue weighted by Gasteiger charge is -2.19. The number of nitrogens with zero attached hydrogens (tertiary/aromatic N) is 1. The van der Waals surface area contributed by atoms with Crippen molar-refractivity contribution in [2.24, 2.45) is 5.92 Å². The number of hydrogen-bond donors (Lipinski definition) is 2. The van der Waals surface area contributed by atoms with Gasteiger partial charge in [0.25, 0.3) is 5.91 Å². The van der Waals surface area contributed by atoms with Crippen molar-refractivity contribution in [3.05, 3.63) is 29.8 Å². The van der Waals surface area contributed by atoms with E-state index in [1.54, 1.807) is 0 Å². The van der Waals surface area contributed by atoms with Gasteiger partial charge in [0, 0.05) is 17.8 Å². The molecule has 0 saturated heterocycles. The van der Waals surface area contributed by atoms with Crippen LogP contribution in [0.5, 0.6) is 0 Å². The lowest BCUT2D eigenvalue weighted by atomic mass is 10.1. The Kier molecular flexibility index (Phi) is 4.37. The van der Waals surface area contributed by atoms with Crippen LogP contribution in [0.25, 0.3) is 0 Å². The molecule has 88 valence electrons. The van der Waals surface area contributed by atoms with Crippen molar-refractivity contribution in [1.82, 2.24) is 10.3 Å². The van der Waals surface area contributed by atoms with E-state index in [-0.39, 0.29) is 24.1 Å². The lowest BCUT2D eigenvalue weighted by Crippen LogP contribution is -2.41. The smallest absolute Gasteiger partial charge is 0.251 e. The average molecular weight is 226 g/mol. The molecule has 0 unspecified atom stereocenters. The number of rotatable bonds is 4. The minimum absolute atomic E-state index is 0.112. The molecular weight excluding hydrogens is 211 g/mol. The highest BCUT2D eigenvalue weighted by Crippen LogP contribution is 2.04. The van der Waals surface area contributed by atoms with Crippen LogP contribution in [-0.4, -0.2) is 28.6 Å². The molecule has 0 bridgehead atoms. The van der Waals surface area contributed by atoms with E-state index in [1.165, 1.54) is 12.3 Å². The maximum atomic E-state index is 12.8. The van der Waals surface area contributed by atoms with Gasteiger partial charge in [-0.1, -0.05) is 13.8 Å². The van der Waals surface area contributed by atoms with Gasteiger partial charge in [-0.2, -0.15) is 4.39 Å². The third-order valence-electron chi connectivity index (χ3n) is 2.31. The molecule has 16 heavy (non-hydrogen) atoms. The van der Waals surface area contributed by atoms with Crippen molar-refractivity contribution in [2.45, 2.75) is 19.9 Å². The SMILES string of the molecule is CC(C)[C@@H](CO)NC(=O)c1ccnc(F)c1. The quantitative estimate of drug-likeness (QED) is 0.752. The molecule has 1 aromatic heterocycles. The zero-order valence-electron chi connectivity index (χ0n) is 9.27. The van der Waals surface area contributed by atoms with Crippen LogP contribution in [-0.2, 0) is 0 Å². The number of aliphatic hydroxyl groups is 1. The Morgan fingerprint density at radius 3 is 2.81 bits per heavy atom. The fraction of sp³-hybridized carbons (Fsp3) is 0.455. The Labute approximate surface area is 93.5 Å². The van der Waals surface area contributed by atoms with Gasteiger partial charge in [0.05, 0.1) is 12.6 Å². The van der Waals surface area contributed by atoms with Crippen LogP contribution < -0.4 is 5.32 Å². The Balaban J connectivity index is 2.72. The summed E-state index contributed by atoms with van der Waals surface area (Å²) in [5.74, 6) is -0.993. The molecule has 5 heteroatoms. The van der Waals surface area contributed by atoms with Gasteiger partial charge >= 0.3 is 0 Å². The van der Waals surface area contributed by atoms with Gasteiger partial charge in [0.15, 0.2) is 0 Å². The first kappa shape index (κ1) is 12.6. The van der Waals surface area contributed by atoms with Gasteiger partial charge in [-0.3, -0.25) is 4.79 Å². The molecular formula is C11H15FN2O2. The fourth-order valence-corrected chi connectivity index (χ4v) is 1.22. The number of carbonyl (C=O) groups excluding carboxylic acids is 1. The summed E-state index contributed by atoms with van der Waals surface area (Å²) >= 11 is 0. The largest absolute Gasteiger partial charge is 0.394 e. The summed E-state index contributed by atoms with van der Waals surface area (Å²) in [6.07, 6.45) is 1.23. The second-order valence-corrected chi connectivity index (χ2v) is 3.87. The van der Waals surface area contributed by atoms with E-state index < -0.39 is 11.9 Å². The molecule has 0 aromatic carbocycles. The first-order chi connectivity index (χ1) is 7.54. The molecule has 1 heterocycles. The molecule has 0 aliphatic heterocycles. The Morgan fingerprint density at radius 2 is 2.31 bits per heavy atom. The normalized spacial score (nSPS) is 12.6. The van der Waals surface area contributed by atoms with Gasteiger partial charge in [-0.15, -0.1) is 0 Å². The molecule has 0 aliphatic carbocycles. The van der Waals surface area contributed by atoms with E-state index in [0.717, 1.165) is 6.07 Å². The predicted molar refractivity (Wildman–Crippen MR) is 57.4 cm³/mol. The van der Waals surface area contributed by atoms with E-state index in [2.05, 4.69) is 10.3 Å². The maximum absolute atomic E-state index is 12.8. The number of halogens is 1. The highest BCUT2D eigenvalue weighted by Gasteiger charge is 2.16. The van der Waals surface area contributed by atoms with Crippen molar-refractivity contribution in [1.29, 1.82) is 0 Å². The Bertz CT molecular complexity index is 369. The standard InChI is InChI=1S/C11H15FN2O2/c1-7(2)9(6-15)14-11(16)8-3-4-13-10(12)5-8/h3-5,7,9,15H,6H2,1-2H3,(H,14,16)/t9-/m1/s1. The number of nitrogens with one attached hydrogen (secondary N) is 1. The van der Waals surface area contributed by atoms with Crippen molar-refractivity contribution >= 4 is 5.91 Å². The second kappa shape index (κ2) is 5.55. The number of amides is 1. The molecule has 1 atom stereocenters. The van der Waals surface area contributed by atoms with Crippen LogP contribution in [0.4, 0.5) is 4.39 Å². The van der Waals surface area contributed by atoms with E-state index in [0.29, 0.717) is 0 Å². The molecule has 1 rings (SSSR count). The number of carbonyl (C=O) groups is 1. The summed E-state index contributed by atoms with van der Waals surface area (Å²) in [5.41, 5.74) is 0.201. The summed E-state index contributed by atoms with van der Waals surface area (Å²) in [6, 6.07) is 2.15. The monoisotopic (exact) mass is 226 g/mol. The van der Waals surface area contributed by atoms with E-state index in [9.17, 15) is 9.18 Å². The second-order valence-electron chi connectivity index (χ2n) is 3.87. The fourth-order valence-electron chi connectivity index (χ4n) is 1.22. The molecule has 2 N–H and O–H groups in total. The van der Waals surface area contributed by atoms with Gasteiger partial charge in [0.2, 0.25) is 5.95 Å².